The molecule has 4 aromatic rings. The molecule has 0 saturated heterocycles. The highest BCUT2D eigenvalue weighted by atomic mass is 16.6. The summed E-state index contributed by atoms with van der Waals surface area (Å²) in [7, 11) is 0. The van der Waals surface area contributed by atoms with Gasteiger partial charge in [-0.3, -0.25) is 14.5 Å². The monoisotopic (exact) mass is 342 g/mol. The fraction of sp³-hybridized carbons (Fsp3) is 0. The maximum Gasteiger partial charge on any atom is 0.270 e. The van der Waals surface area contributed by atoms with E-state index >= 15 is 0 Å². The molecule has 0 bridgehead atoms. The van der Waals surface area contributed by atoms with Crippen molar-refractivity contribution >= 4 is 23.4 Å². The van der Waals surface area contributed by atoms with Crippen molar-refractivity contribution in [2.45, 2.75) is 0 Å². The van der Waals surface area contributed by atoms with Crippen molar-refractivity contribution in [1.29, 1.82) is 0 Å². The van der Waals surface area contributed by atoms with E-state index in [4.69, 9.17) is 0 Å². The summed E-state index contributed by atoms with van der Waals surface area (Å²) in [5, 5.41) is 11.1. The molecule has 0 N–H and O–H groups in total. The van der Waals surface area contributed by atoms with Gasteiger partial charge in [-0.25, -0.2) is 9.98 Å². The van der Waals surface area contributed by atoms with Gasteiger partial charge in [-0.15, -0.1) is 0 Å². The molecule has 0 saturated carbocycles. The zero-order chi connectivity index (χ0) is 17.9. The third-order valence-electron chi connectivity index (χ3n) is 3.97. The zero-order valence-electron chi connectivity index (χ0n) is 13.7. The molecule has 0 unspecified atom stereocenters. The van der Waals surface area contributed by atoms with Crippen LogP contribution in [0.5, 0.6) is 0 Å². The maximum absolute atomic E-state index is 11.1. The molecule has 0 fully saturated rings. The number of hydrogen-bond acceptors (Lipinski definition) is 4. The fourth-order valence-corrected chi connectivity index (χ4v) is 2.74. The Morgan fingerprint density at radius 2 is 1.81 bits per heavy atom. The van der Waals surface area contributed by atoms with Gasteiger partial charge in [0.2, 0.25) is 0 Å². The van der Waals surface area contributed by atoms with Crippen molar-refractivity contribution in [2.75, 3.05) is 0 Å². The van der Waals surface area contributed by atoms with Crippen LogP contribution in [0.1, 0.15) is 5.56 Å². The van der Waals surface area contributed by atoms with Crippen molar-refractivity contribution in [3.05, 3.63) is 94.7 Å². The predicted molar refractivity (Wildman–Crippen MR) is 101 cm³/mol. The van der Waals surface area contributed by atoms with Gasteiger partial charge in [0.1, 0.15) is 11.3 Å². The molecule has 0 aliphatic rings. The number of nitro groups is 1. The number of pyridine rings is 1. The molecule has 6 heteroatoms. The van der Waals surface area contributed by atoms with Crippen molar-refractivity contribution in [3.63, 3.8) is 0 Å². The molecule has 126 valence electrons. The average Bonchev–Trinajstić information content (AvgIpc) is 3.06. The SMILES string of the molecule is O=[N+]([O-])c1cccc(-c2nc3ccccn3c2/N=C/c2ccccc2)c1. The van der Waals surface area contributed by atoms with E-state index in [1.807, 2.05) is 59.1 Å². The van der Waals surface area contributed by atoms with Crippen LogP contribution in [0, 0.1) is 10.1 Å². The second-order valence-electron chi connectivity index (χ2n) is 5.69. The second-order valence-corrected chi connectivity index (χ2v) is 5.69. The van der Waals surface area contributed by atoms with Crippen LogP contribution in [-0.4, -0.2) is 20.5 Å². The lowest BCUT2D eigenvalue weighted by Gasteiger charge is -2.01. The minimum absolute atomic E-state index is 0.0255. The Morgan fingerprint density at radius 3 is 2.62 bits per heavy atom. The predicted octanol–water partition coefficient (Wildman–Crippen LogP) is 4.66. The number of benzene rings is 2. The molecule has 0 atom stereocenters. The van der Waals surface area contributed by atoms with Crippen LogP contribution >= 0.6 is 0 Å². The molecule has 0 amide bonds. The van der Waals surface area contributed by atoms with Gasteiger partial charge in [0, 0.05) is 30.1 Å². The van der Waals surface area contributed by atoms with Crippen LogP contribution in [0.2, 0.25) is 0 Å². The number of aromatic nitrogens is 2. The summed E-state index contributed by atoms with van der Waals surface area (Å²) in [5.41, 5.74) is 2.98. The number of rotatable bonds is 4. The Morgan fingerprint density at radius 1 is 1.00 bits per heavy atom. The summed E-state index contributed by atoms with van der Waals surface area (Å²) in [6.07, 6.45) is 3.64. The summed E-state index contributed by atoms with van der Waals surface area (Å²) in [4.78, 5) is 19.9. The van der Waals surface area contributed by atoms with Crippen molar-refractivity contribution in [2.24, 2.45) is 4.99 Å². The molecule has 0 spiro atoms. The van der Waals surface area contributed by atoms with Crippen molar-refractivity contribution in [3.8, 4) is 11.3 Å². The van der Waals surface area contributed by atoms with Crippen LogP contribution in [0.15, 0.2) is 84.0 Å². The summed E-state index contributed by atoms with van der Waals surface area (Å²) < 4.78 is 1.87. The lowest BCUT2D eigenvalue weighted by molar-refractivity contribution is -0.384. The summed E-state index contributed by atoms with van der Waals surface area (Å²) in [6, 6.07) is 21.8. The van der Waals surface area contributed by atoms with Crippen molar-refractivity contribution < 1.29 is 4.92 Å². The Kier molecular flexibility index (Phi) is 3.99. The first-order valence-electron chi connectivity index (χ1n) is 8.03. The minimum atomic E-state index is -0.411. The van der Waals surface area contributed by atoms with Crippen LogP contribution in [-0.2, 0) is 0 Å². The summed E-state index contributed by atoms with van der Waals surface area (Å²) in [6.45, 7) is 0. The smallest absolute Gasteiger partial charge is 0.270 e. The van der Waals surface area contributed by atoms with E-state index in [1.54, 1.807) is 18.3 Å². The van der Waals surface area contributed by atoms with Gasteiger partial charge in [-0.05, 0) is 17.7 Å². The van der Waals surface area contributed by atoms with Crippen LogP contribution in [0.25, 0.3) is 16.9 Å². The highest BCUT2D eigenvalue weighted by Crippen LogP contribution is 2.32. The van der Waals surface area contributed by atoms with Gasteiger partial charge in [-0.1, -0.05) is 48.5 Å². The largest absolute Gasteiger partial charge is 0.284 e. The number of hydrogen-bond donors (Lipinski definition) is 0. The summed E-state index contributed by atoms with van der Waals surface area (Å²) >= 11 is 0. The lowest BCUT2D eigenvalue weighted by Crippen LogP contribution is -1.88. The molecule has 0 aliphatic heterocycles. The topological polar surface area (TPSA) is 72.8 Å². The molecule has 26 heavy (non-hydrogen) atoms. The van der Waals surface area contributed by atoms with E-state index in [0.29, 0.717) is 17.1 Å². The van der Waals surface area contributed by atoms with Crippen molar-refractivity contribution in [1.82, 2.24) is 9.38 Å². The van der Waals surface area contributed by atoms with Crippen LogP contribution in [0.3, 0.4) is 0 Å². The second kappa shape index (κ2) is 6.60. The quantitative estimate of drug-likeness (QED) is 0.307. The third-order valence-corrected chi connectivity index (χ3v) is 3.97. The van der Waals surface area contributed by atoms with Gasteiger partial charge in [0.25, 0.3) is 5.69 Å². The molecule has 2 aromatic heterocycles. The normalized spacial score (nSPS) is 11.2. The van der Waals surface area contributed by atoms with E-state index < -0.39 is 4.92 Å². The number of nitro benzene ring substituents is 1. The number of fused-ring (bicyclic) bond motifs is 1. The molecule has 4 rings (SSSR count). The standard InChI is InChI=1S/C20H14N4O2/c25-24(26)17-10-6-9-16(13-17)19-20(21-14-15-7-2-1-3-8-15)23-12-5-4-11-18(23)22-19/h1-14H/b21-14+. The lowest BCUT2D eigenvalue weighted by atomic mass is 10.1. The molecular formula is C20H14N4O2. The number of non-ortho nitro benzene ring substituents is 1. The van der Waals surface area contributed by atoms with Crippen LogP contribution < -0.4 is 0 Å². The van der Waals surface area contributed by atoms with Gasteiger partial charge in [0.05, 0.1) is 4.92 Å². The van der Waals surface area contributed by atoms with E-state index in [2.05, 4.69) is 9.98 Å². The number of imidazole rings is 1. The average molecular weight is 342 g/mol. The first-order valence-corrected chi connectivity index (χ1v) is 8.03. The van der Waals surface area contributed by atoms with Gasteiger partial charge < -0.3 is 0 Å². The highest BCUT2D eigenvalue weighted by molar-refractivity contribution is 5.85. The molecule has 2 aromatic carbocycles. The third kappa shape index (κ3) is 2.95. The Hall–Kier alpha value is -3.80. The van der Waals surface area contributed by atoms with Gasteiger partial charge in [-0.2, -0.15) is 0 Å². The van der Waals surface area contributed by atoms with Crippen LogP contribution in [0.4, 0.5) is 11.5 Å². The fourth-order valence-electron chi connectivity index (χ4n) is 2.74. The number of aliphatic imine (C=N–C) groups is 1. The maximum atomic E-state index is 11.1. The Bertz CT molecular complexity index is 1120. The van der Waals surface area contributed by atoms with E-state index in [9.17, 15) is 10.1 Å². The highest BCUT2D eigenvalue weighted by Gasteiger charge is 2.15. The molecule has 0 aliphatic carbocycles. The van der Waals surface area contributed by atoms with E-state index in [-0.39, 0.29) is 5.69 Å². The minimum Gasteiger partial charge on any atom is -0.284 e. The Balaban J connectivity index is 1.88. The summed E-state index contributed by atoms with van der Waals surface area (Å²) in [5.74, 6) is 0.630. The molecular weight excluding hydrogens is 328 g/mol. The number of nitrogens with zero attached hydrogens (tertiary/aromatic N) is 4. The van der Waals surface area contributed by atoms with E-state index in [0.717, 1.165) is 11.2 Å². The first-order chi connectivity index (χ1) is 12.7. The molecule has 0 radical (unpaired) electrons. The molecule has 2 heterocycles. The first kappa shape index (κ1) is 15.7. The van der Waals surface area contributed by atoms with Gasteiger partial charge in [0.15, 0.2) is 5.82 Å². The molecule has 6 nitrogen and oxygen atoms in total. The van der Waals surface area contributed by atoms with Gasteiger partial charge >= 0.3 is 0 Å². The Labute approximate surface area is 149 Å². The zero-order valence-corrected chi connectivity index (χ0v) is 13.7. The van der Waals surface area contributed by atoms with E-state index in [1.165, 1.54) is 12.1 Å².